The molecule has 0 aliphatic heterocycles. The van der Waals surface area contributed by atoms with Crippen LogP contribution in [0.1, 0.15) is 36.6 Å². The van der Waals surface area contributed by atoms with Crippen molar-refractivity contribution in [1.29, 1.82) is 0 Å². The van der Waals surface area contributed by atoms with Gasteiger partial charge in [-0.25, -0.2) is 4.39 Å². The van der Waals surface area contributed by atoms with Crippen molar-refractivity contribution in [2.24, 2.45) is 0 Å². The largest absolute Gasteiger partial charge is 0.489 e. The van der Waals surface area contributed by atoms with Crippen LogP contribution in [0.3, 0.4) is 0 Å². The van der Waals surface area contributed by atoms with E-state index in [0.717, 1.165) is 11.1 Å². The molecule has 1 heterocycles. The number of nitrogens with zero attached hydrogens (tertiary/aromatic N) is 1. The number of benzene rings is 1. The third-order valence-corrected chi connectivity index (χ3v) is 3.20. The minimum atomic E-state index is -0.256. The summed E-state index contributed by atoms with van der Waals surface area (Å²) in [5.74, 6) is 0.472. The van der Waals surface area contributed by atoms with Gasteiger partial charge in [-0.2, -0.15) is 0 Å². The molecular formula is C17H21FN2O. The zero-order valence-electron chi connectivity index (χ0n) is 12.9. The Morgan fingerprint density at radius 2 is 1.95 bits per heavy atom. The van der Waals surface area contributed by atoms with Gasteiger partial charge in [-0.1, -0.05) is 12.1 Å². The highest BCUT2D eigenvalue weighted by atomic mass is 19.1. The second-order valence-electron chi connectivity index (χ2n) is 5.37. The SMILES string of the molecule is CNC(c1cncc(OC(C)C)c1)c1ccc(C)cc1F. The minimum absolute atomic E-state index is 0.0752. The Hall–Kier alpha value is -1.94. The van der Waals surface area contributed by atoms with Crippen LogP contribution in [-0.4, -0.2) is 18.1 Å². The fraction of sp³-hybridized carbons (Fsp3) is 0.353. The molecule has 2 aromatic rings. The zero-order valence-corrected chi connectivity index (χ0v) is 12.9. The monoisotopic (exact) mass is 288 g/mol. The molecule has 4 heteroatoms. The molecule has 112 valence electrons. The number of ether oxygens (including phenoxy) is 1. The van der Waals surface area contributed by atoms with E-state index >= 15 is 0 Å². The highest BCUT2D eigenvalue weighted by Crippen LogP contribution is 2.26. The van der Waals surface area contributed by atoms with Crippen molar-refractivity contribution in [3.8, 4) is 5.75 Å². The van der Waals surface area contributed by atoms with Crippen molar-refractivity contribution in [1.82, 2.24) is 10.3 Å². The van der Waals surface area contributed by atoms with Gasteiger partial charge in [0.25, 0.3) is 0 Å². The van der Waals surface area contributed by atoms with Gasteiger partial charge in [0, 0.05) is 11.8 Å². The number of hydrogen-bond donors (Lipinski definition) is 1. The van der Waals surface area contributed by atoms with Crippen LogP contribution < -0.4 is 10.1 Å². The van der Waals surface area contributed by atoms with Crippen LogP contribution in [0.5, 0.6) is 5.75 Å². The lowest BCUT2D eigenvalue weighted by Gasteiger charge is -2.19. The van der Waals surface area contributed by atoms with Crippen molar-refractivity contribution >= 4 is 0 Å². The molecule has 0 aliphatic rings. The highest BCUT2D eigenvalue weighted by Gasteiger charge is 2.17. The first-order valence-corrected chi connectivity index (χ1v) is 7.06. The number of hydrogen-bond acceptors (Lipinski definition) is 3. The molecule has 0 saturated carbocycles. The Morgan fingerprint density at radius 3 is 2.57 bits per heavy atom. The van der Waals surface area contributed by atoms with Crippen molar-refractivity contribution in [3.05, 3.63) is 59.2 Å². The first kappa shape index (κ1) is 15.4. The summed E-state index contributed by atoms with van der Waals surface area (Å²) in [7, 11) is 1.81. The Balaban J connectivity index is 2.37. The van der Waals surface area contributed by atoms with E-state index < -0.39 is 0 Å². The molecule has 2 rings (SSSR count). The molecule has 1 N–H and O–H groups in total. The molecular weight excluding hydrogens is 267 g/mol. The number of pyridine rings is 1. The van der Waals surface area contributed by atoms with Crippen LogP contribution in [-0.2, 0) is 0 Å². The molecule has 0 bridgehead atoms. The zero-order chi connectivity index (χ0) is 15.4. The first-order valence-electron chi connectivity index (χ1n) is 7.06. The van der Waals surface area contributed by atoms with Gasteiger partial charge in [0.05, 0.1) is 18.3 Å². The number of aryl methyl sites for hydroxylation is 1. The molecule has 0 saturated heterocycles. The second kappa shape index (κ2) is 6.68. The van der Waals surface area contributed by atoms with Crippen LogP contribution in [0.2, 0.25) is 0 Å². The van der Waals surface area contributed by atoms with Gasteiger partial charge in [-0.3, -0.25) is 4.98 Å². The van der Waals surface area contributed by atoms with Crippen molar-refractivity contribution in [2.45, 2.75) is 32.9 Å². The van der Waals surface area contributed by atoms with Crippen molar-refractivity contribution in [3.63, 3.8) is 0 Å². The van der Waals surface area contributed by atoms with Gasteiger partial charge in [0.2, 0.25) is 0 Å². The van der Waals surface area contributed by atoms with E-state index in [1.54, 1.807) is 25.5 Å². The summed E-state index contributed by atoms with van der Waals surface area (Å²) in [4.78, 5) is 4.19. The number of rotatable bonds is 5. The molecule has 21 heavy (non-hydrogen) atoms. The van der Waals surface area contributed by atoms with Crippen LogP contribution >= 0.6 is 0 Å². The third kappa shape index (κ3) is 3.79. The fourth-order valence-electron chi connectivity index (χ4n) is 2.30. The summed E-state index contributed by atoms with van der Waals surface area (Å²) >= 11 is 0. The highest BCUT2D eigenvalue weighted by molar-refractivity contribution is 5.36. The van der Waals surface area contributed by atoms with Gasteiger partial charge < -0.3 is 10.1 Å². The standard InChI is InChI=1S/C17H21FN2O/c1-11(2)21-14-8-13(9-20-10-14)17(19-4)15-6-5-12(3)7-16(15)18/h5-11,17,19H,1-4H3. The average Bonchev–Trinajstić information content (AvgIpc) is 2.41. The summed E-state index contributed by atoms with van der Waals surface area (Å²) in [5.41, 5.74) is 2.38. The summed E-state index contributed by atoms with van der Waals surface area (Å²) in [6.07, 6.45) is 3.47. The number of nitrogens with one attached hydrogen (secondary N) is 1. The maximum absolute atomic E-state index is 14.2. The molecule has 0 radical (unpaired) electrons. The summed E-state index contributed by atoms with van der Waals surface area (Å²) in [5, 5.41) is 3.14. The number of aromatic nitrogens is 1. The van der Waals surface area contributed by atoms with Gasteiger partial charge in [0.1, 0.15) is 11.6 Å². The molecule has 3 nitrogen and oxygen atoms in total. The smallest absolute Gasteiger partial charge is 0.138 e. The maximum Gasteiger partial charge on any atom is 0.138 e. The Morgan fingerprint density at radius 1 is 1.19 bits per heavy atom. The molecule has 0 spiro atoms. The first-order chi connectivity index (χ1) is 10.0. The van der Waals surface area contributed by atoms with E-state index in [1.165, 1.54) is 0 Å². The van der Waals surface area contributed by atoms with Crippen LogP contribution in [0, 0.1) is 12.7 Å². The molecule has 1 aromatic carbocycles. The molecule has 0 amide bonds. The lowest BCUT2D eigenvalue weighted by Crippen LogP contribution is -2.19. The topological polar surface area (TPSA) is 34.2 Å². The average molecular weight is 288 g/mol. The molecule has 0 fully saturated rings. The second-order valence-corrected chi connectivity index (χ2v) is 5.37. The van der Waals surface area contributed by atoms with Crippen LogP contribution in [0.4, 0.5) is 4.39 Å². The normalized spacial score (nSPS) is 12.5. The van der Waals surface area contributed by atoms with Gasteiger partial charge in [-0.15, -0.1) is 0 Å². The predicted octanol–water partition coefficient (Wildman–Crippen LogP) is 3.63. The van der Waals surface area contributed by atoms with Crippen LogP contribution in [0.25, 0.3) is 0 Å². The number of halogens is 1. The van der Waals surface area contributed by atoms with E-state index in [0.29, 0.717) is 11.3 Å². The molecule has 0 aliphatic carbocycles. The minimum Gasteiger partial charge on any atom is -0.489 e. The van der Waals surface area contributed by atoms with E-state index in [1.807, 2.05) is 39.0 Å². The maximum atomic E-state index is 14.2. The Labute approximate surface area is 125 Å². The third-order valence-electron chi connectivity index (χ3n) is 3.20. The van der Waals surface area contributed by atoms with Gasteiger partial charge in [-0.05, 0) is 51.1 Å². The summed E-state index contributed by atoms with van der Waals surface area (Å²) < 4.78 is 19.8. The Bertz CT molecular complexity index is 613. The van der Waals surface area contributed by atoms with Crippen LogP contribution in [0.15, 0.2) is 36.7 Å². The van der Waals surface area contributed by atoms with E-state index in [-0.39, 0.29) is 18.0 Å². The Kier molecular flexibility index (Phi) is 4.91. The summed E-state index contributed by atoms with van der Waals surface area (Å²) in [6, 6.07) is 6.90. The quantitative estimate of drug-likeness (QED) is 0.912. The van der Waals surface area contributed by atoms with Gasteiger partial charge >= 0.3 is 0 Å². The summed E-state index contributed by atoms with van der Waals surface area (Å²) in [6.45, 7) is 5.80. The molecule has 1 atom stereocenters. The lowest BCUT2D eigenvalue weighted by atomic mass is 9.98. The van der Waals surface area contributed by atoms with Gasteiger partial charge in [0.15, 0.2) is 0 Å². The van der Waals surface area contributed by atoms with E-state index in [2.05, 4.69) is 10.3 Å². The fourth-order valence-corrected chi connectivity index (χ4v) is 2.30. The van der Waals surface area contributed by atoms with Crippen molar-refractivity contribution < 1.29 is 9.13 Å². The predicted molar refractivity (Wildman–Crippen MR) is 82.0 cm³/mol. The van der Waals surface area contributed by atoms with Crippen molar-refractivity contribution in [2.75, 3.05) is 7.05 Å². The molecule has 1 unspecified atom stereocenters. The molecule has 1 aromatic heterocycles. The van der Waals surface area contributed by atoms with E-state index in [9.17, 15) is 4.39 Å². The van der Waals surface area contributed by atoms with E-state index in [4.69, 9.17) is 4.74 Å². The lowest BCUT2D eigenvalue weighted by molar-refractivity contribution is 0.241.